The van der Waals surface area contributed by atoms with Crippen LogP contribution in [0.2, 0.25) is 5.02 Å². The van der Waals surface area contributed by atoms with Gasteiger partial charge in [0.2, 0.25) is 0 Å². The molecule has 4 rings (SSSR count). The number of carbonyl (C=O) groups is 1. The average Bonchev–Trinajstić information content (AvgIpc) is 2.73. The lowest BCUT2D eigenvalue weighted by atomic mass is 10.1. The second-order valence-electron chi connectivity index (χ2n) is 7.01. The van der Waals surface area contributed by atoms with E-state index >= 15 is 0 Å². The molecule has 0 fully saturated rings. The van der Waals surface area contributed by atoms with Gasteiger partial charge < -0.3 is 14.8 Å². The largest absolute Gasteiger partial charge is 0.486 e. The van der Waals surface area contributed by atoms with Crippen LogP contribution in [0.4, 0.5) is 11.5 Å². The van der Waals surface area contributed by atoms with Crippen molar-refractivity contribution in [3.63, 3.8) is 0 Å². The molecule has 32 heavy (non-hydrogen) atoms. The third-order valence-corrected chi connectivity index (χ3v) is 6.14. The zero-order chi connectivity index (χ0) is 22.9. The Balaban J connectivity index is 1.49. The van der Waals surface area contributed by atoms with Crippen molar-refractivity contribution >= 4 is 39.0 Å². The summed E-state index contributed by atoms with van der Waals surface area (Å²) in [5, 5.41) is 2.98. The molecule has 3 aromatic rings. The Morgan fingerprint density at radius 1 is 1.03 bits per heavy atom. The number of nitrogens with one attached hydrogen (secondary N) is 2. The van der Waals surface area contributed by atoms with Gasteiger partial charge in [0.15, 0.2) is 11.5 Å². The molecule has 0 bridgehead atoms. The monoisotopic (exact) mass is 474 g/mol. The number of ether oxygens (including phenoxy) is 2. The highest BCUT2D eigenvalue weighted by Gasteiger charge is 2.20. The van der Waals surface area contributed by atoms with Crippen LogP contribution >= 0.6 is 11.6 Å². The van der Waals surface area contributed by atoms with Gasteiger partial charge in [-0.05, 0) is 50.2 Å². The summed E-state index contributed by atoms with van der Waals surface area (Å²) in [6.45, 7) is 4.18. The van der Waals surface area contributed by atoms with E-state index in [9.17, 15) is 13.2 Å². The SMILES string of the molecule is Cc1cc(NS(=O)(=O)c2ccc(NC(=O)c3cc(Cl)c4c(c3)OCCO4)cc2)nc(C)n1. The van der Waals surface area contributed by atoms with E-state index < -0.39 is 15.9 Å². The summed E-state index contributed by atoms with van der Waals surface area (Å²) in [6.07, 6.45) is 0. The topological polar surface area (TPSA) is 120 Å². The molecule has 0 saturated heterocycles. The summed E-state index contributed by atoms with van der Waals surface area (Å²) in [4.78, 5) is 20.9. The van der Waals surface area contributed by atoms with Gasteiger partial charge in [0, 0.05) is 23.0 Å². The van der Waals surface area contributed by atoms with Gasteiger partial charge in [-0.1, -0.05) is 11.6 Å². The minimum atomic E-state index is -3.86. The average molecular weight is 475 g/mol. The number of fused-ring (bicyclic) bond motifs is 1. The van der Waals surface area contributed by atoms with Gasteiger partial charge in [-0.3, -0.25) is 9.52 Å². The van der Waals surface area contributed by atoms with Gasteiger partial charge in [-0.15, -0.1) is 0 Å². The summed E-state index contributed by atoms with van der Waals surface area (Å²) in [6, 6.07) is 10.3. The summed E-state index contributed by atoms with van der Waals surface area (Å²) in [5.74, 6) is 1.02. The van der Waals surface area contributed by atoms with E-state index in [2.05, 4.69) is 20.0 Å². The molecule has 166 valence electrons. The number of amides is 1. The highest BCUT2D eigenvalue weighted by molar-refractivity contribution is 7.92. The lowest BCUT2D eigenvalue weighted by Gasteiger charge is -2.20. The normalized spacial score (nSPS) is 12.8. The Hall–Kier alpha value is -3.37. The van der Waals surface area contributed by atoms with Crippen molar-refractivity contribution in [2.24, 2.45) is 0 Å². The third kappa shape index (κ3) is 4.76. The fourth-order valence-electron chi connectivity index (χ4n) is 3.13. The van der Waals surface area contributed by atoms with Crippen molar-refractivity contribution < 1.29 is 22.7 Å². The smallest absolute Gasteiger partial charge is 0.263 e. The minimum absolute atomic E-state index is 0.0202. The quantitative estimate of drug-likeness (QED) is 0.580. The first-order valence-corrected chi connectivity index (χ1v) is 11.4. The van der Waals surface area contributed by atoms with Crippen molar-refractivity contribution in [2.75, 3.05) is 23.3 Å². The minimum Gasteiger partial charge on any atom is -0.486 e. The molecule has 2 heterocycles. The summed E-state index contributed by atoms with van der Waals surface area (Å²) >= 11 is 6.18. The number of halogens is 1. The van der Waals surface area contributed by atoms with Crippen LogP contribution in [0.1, 0.15) is 21.9 Å². The number of carbonyl (C=O) groups excluding carboxylic acids is 1. The number of anilines is 2. The first-order valence-electron chi connectivity index (χ1n) is 9.57. The summed E-state index contributed by atoms with van der Waals surface area (Å²) < 4.78 is 38.7. The molecule has 2 aromatic carbocycles. The van der Waals surface area contributed by atoms with Gasteiger partial charge in [0.25, 0.3) is 15.9 Å². The number of aryl methyl sites for hydroxylation is 2. The van der Waals surface area contributed by atoms with Crippen LogP contribution in [0.25, 0.3) is 0 Å². The molecule has 0 aliphatic carbocycles. The molecule has 0 atom stereocenters. The first-order chi connectivity index (χ1) is 15.2. The van der Waals surface area contributed by atoms with E-state index in [1.165, 1.54) is 36.4 Å². The fraction of sp³-hybridized carbons (Fsp3) is 0.190. The highest BCUT2D eigenvalue weighted by Crippen LogP contribution is 2.38. The van der Waals surface area contributed by atoms with Crippen molar-refractivity contribution in [1.82, 2.24) is 9.97 Å². The van der Waals surface area contributed by atoms with Crippen LogP contribution in [-0.2, 0) is 10.0 Å². The Kier molecular flexibility index (Phi) is 5.90. The molecule has 0 unspecified atom stereocenters. The third-order valence-electron chi connectivity index (χ3n) is 4.49. The van der Waals surface area contributed by atoms with E-state index in [1.54, 1.807) is 19.9 Å². The fourth-order valence-corrected chi connectivity index (χ4v) is 4.39. The summed E-state index contributed by atoms with van der Waals surface area (Å²) in [7, 11) is -3.86. The molecular weight excluding hydrogens is 456 g/mol. The number of benzene rings is 2. The first kappa shape index (κ1) is 21.8. The standard InChI is InChI=1S/C21H19ClN4O5S/c1-12-9-19(24-13(2)23-12)26-32(28,29)16-5-3-15(4-6-16)25-21(27)14-10-17(22)20-18(11-14)30-7-8-31-20/h3-6,9-11H,7-8H2,1-2H3,(H,25,27)(H,23,24,26). The zero-order valence-electron chi connectivity index (χ0n) is 17.2. The van der Waals surface area contributed by atoms with Crippen molar-refractivity contribution in [1.29, 1.82) is 0 Å². The Morgan fingerprint density at radius 3 is 2.47 bits per heavy atom. The lowest BCUT2D eigenvalue weighted by molar-refractivity contribution is 0.102. The number of hydrogen-bond donors (Lipinski definition) is 2. The molecule has 1 amide bonds. The predicted octanol–water partition coefficient (Wildman–Crippen LogP) is 3.57. The van der Waals surface area contributed by atoms with Crippen LogP contribution < -0.4 is 19.5 Å². The molecule has 2 N–H and O–H groups in total. The van der Waals surface area contributed by atoms with Gasteiger partial charge in [-0.25, -0.2) is 18.4 Å². The number of rotatable bonds is 5. The number of sulfonamides is 1. The lowest BCUT2D eigenvalue weighted by Crippen LogP contribution is -2.18. The second kappa shape index (κ2) is 8.64. The number of hydrogen-bond acceptors (Lipinski definition) is 7. The van der Waals surface area contributed by atoms with E-state index in [4.69, 9.17) is 21.1 Å². The van der Waals surface area contributed by atoms with Crippen LogP contribution in [0.5, 0.6) is 11.5 Å². The Bertz CT molecular complexity index is 1280. The van der Waals surface area contributed by atoms with E-state index in [-0.39, 0.29) is 21.3 Å². The maximum atomic E-state index is 12.7. The second-order valence-corrected chi connectivity index (χ2v) is 9.10. The van der Waals surface area contributed by atoms with Gasteiger partial charge >= 0.3 is 0 Å². The van der Waals surface area contributed by atoms with Crippen molar-refractivity contribution in [3.05, 3.63) is 64.6 Å². The molecule has 1 aromatic heterocycles. The van der Waals surface area contributed by atoms with Crippen LogP contribution in [-0.4, -0.2) is 37.5 Å². The van der Waals surface area contributed by atoms with Gasteiger partial charge in [0.1, 0.15) is 24.9 Å². The molecular formula is C21H19ClN4O5S. The molecule has 11 heteroatoms. The van der Waals surface area contributed by atoms with Crippen LogP contribution in [0.3, 0.4) is 0 Å². The van der Waals surface area contributed by atoms with E-state index in [0.29, 0.717) is 41.9 Å². The highest BCUT2D eigenvalue weighted by atomic mass is 35.5. The molecule has 1 aliphatic rings. The Labute approximate surface area is 189 Å². The molecule has 0 spiro atoms. The molecule has 1 aliphatic heterocycles. The molecule has 0 saturated carbocycles. The van der Waals surface area contributed by atoms with Crippen LogP contribution in [0.15, 0.2) is 47.4 Å². The molecule has 9 nitrogen and oxygen atoms in total. The number of aromatic nitrogens is 2. The maximum absolute atomic E-state index is 12.7. The Morgan fingerprint density at radius 2 is 1.75 bits per heavy atom. The maximum Gasteiger partial charge on any atom is 0.263 e. The van der Waals surface area contributed by atoms with Gasteiger partial charge in [0.05, 0.1) is 9.92 Å². The summed E-state index contributed by atoms with van der Waals surface area (Å²) in [5.41, 5.74) is 1.34. The zero-order valence-corrected chi connectivity index (χ0v) is 18.7. The van der Waals surface area contributed by atoms with Crippen LogP contribution in [0, 0.1) is 13.8 Å². The predicted molar refractivity (Wildman–Crippen MR) is 119 cm³/mol. The van der Waals surface area contributed by atoms with Gasteiger partial charge in [-0.2, -0.15) is 0 Å². The van der Waals surface area contributed by atoms with Crippen molar-refractivity contribution in [2.45, 2.75) is 18.7 Å². The van der Waals surface area contributed by atoms with Crippen molar-refractivity contribution in [3.8, 4) is 11.5 Å². The number of nitrogens with zero attached hydrogens (tertiary/aromatic N) is 2. The molecule has 0 radical (unpaired) electrons. The van der Waals surface area contributed by atoms with E-state index in [0.717, 1.165) is 0 Å². The van der Waals surface area contributed by atoms with E-state index in [1.807, 2.05) is 0 Å².